The summed E-state index contributed by atoms with van der Waals surface area (Å²) in [6.45, 7) is 0.972. The Bertz CT molecular complexity index is 74.6. The number of carbonyl (C=O) groups excluding carboxylic acids is 1. The second kappa shape index (κ2) is 9.98. The van der Waals surface area contributed by atoms with Crippen LogP contribution in [-0.4, -0.2) is 5.97 Å². The van der Waals surface area contributed by atoms with Crippen LogP contribution in [0, 0.1) is 6.42 Å². The average molecular weight is 201 g/mol. The summed E-state index contributed by atoms with van der Waals surface area (Å²) >= 11 is 0. The first-order chi connectivity index (χ1) is 4.73. The van der Waals surface area contributed by atoms with Gasteiger partial charge in [-0.25, -0.2) is 0 Å². The number of carbonyl (C=O) groups is 1. The summed E-state index contributed by atoms with van der Waals surface area (Å²) in [5.41, 5.74) is 0. The zero-order chi connectivity index (χ0) is 7.82. The molecule has 2 nitrogen and oxygen atoms in total. The van der Waals surface area contributed by atoms with Gasteiger partial charge in [0.05, 0.1) is 0 Å². The maximum absolute atomic E-state index is 8.89. The number of rotatable bonds is 0. The standard InChI is InChI=1S/C6H11.C2H4O2.Co/c1-2-4-6-5-3-1;1-2(3)4;/h1H,2-6H2;1H3,(H,3,4);/q-1;;+2/p-1. The molecule has 3 heteroatoms. The van der Waals surface area contributed by atoms with E-state index in [1.165, 1.54) is 32.1 Å². The molecule has 0 aromatic rings. The number of carboxylic acid groups (broad SMARTS) is 1. The average Bonchev–Trinajstić information content (AvgIpc) is 1.90. The van der Waals surface area contributed by atoms with Gasteiger partial charge in [0.15, 0.2) is 0 Å². The summed E-state index contributed by atoms with van der Waals surface area (Å²) < 4.78 is 0. The molecule has 0 amide bonds. The largest absolute Gasteiger partial charge is 2.00 e. The van der Waals surface area contributed by atoms with Gasteiger partial charge in [0.25, 0.3) is 0 Å². The summed E-state index contributed by atoms with van der Waals surface area (Å²) in [5, 5.41) is 8.89. The normalized spacial score (nSPS) is 15.4. The molecule has 0 aromatic heterocycles. The van der Waals surface area contributed by atoms with Gasteiger partial charge in [0.2, 0.25) is 0 Å². The fourth-order valence-electron chi connectivity index (χ4n) is 0.898. The van der Waals surface area contributed by atoms with Crippen LogP contribution in [-0.2, 0) is 21.6 Å². The molecule has 0 aromatic carbocycles. The van der Waals surface area contributed by atoms with Crippen molar-refractivity contribution in [3.05, 3.63) is 6.42 Å². The van der Waals surface area contributed by atoms with Crippen LogP contribution in [0.5, 0.6) is 0 Å². The van der Waals surface area contributed by atoms with E-state index in [0.29, 0.717) is 0 Å². The molecule has 1 aliphatic rings. The minimum Gasteiger partial charge on any atom is -0.550 e. The van der Waals surface area contributed by atoms with Crippen LogP contribution in [0.3, 0.4) is 0 Å². The van der Waals surface area contributed by atoms with Gasteiger partial charge >= 0.3 is 16.8 Å². The Morgan fingerprint density at radius 2 is 1.64 bits per heavy atom. The first-order valence-electron chi connectivity index (χ1n) is 3.72. The van der Waals surface area contributed by atoms with E-state index >= 15 is 0 Å². The fourth-order valence-corrected chi connectivity index (χ4v) is 0.898. The van der Waals surface area contributed by atoms with E-state index in [2.05, 4.69) is 6.42 Å². The van der Waals surface area contributed by atoms with Crippen molar-refractivity contribution in [2.45, 2.75) is 39.0 Å². The van der Waals surface area contributed by atoms with Crippen molar-refractivity contribution >= 4 is 5.97 Å². The van der Waals surface area contributed by atoms with Gasteiger partial charge in [-0.3, -0.25) is 0 Å². The molecule has 11 heavy (non-hydrogen) atoms. The van der Waals surface area contributed by atoms with Crippen LogP contribution in [0.1, 0.15) is 39.0 Å². The van der Waals surface area contributed by atoms with Crippen molar-refractivity contribution < 1.29 is 26.7 Å². The fraction of sp³-hybridized carbons (Fsp3) is 0.750. The molecule has 0 bridgehead atoms. The molecule has 0 aliphatic heterocycles. The van der Waals surface area contributed by atoms with Crippen molar-refractivity contribution in [2.24, 2.45) is 0 Å². The number of hydrogen-bond acceptors (Lipinski definition) is 2. The molecule has 1 aliphatic carbocycles. The van der Waals surface area contributed by atoms with E-state index in [4.69, 9.17) is 9.90 Å². The quantitative estimate of drug-likeness (QED) is 0.546. The smallest absolute Gasteiger partial charge is 0.550 e. The van der Waals surface area contributed by atoms with E-state index in [9.17, 15) is 0 Å². The molecule has 1 radical (unpaired) electrons. The molecule has 0 spiro atoms. The minimum absolute atomic E-state index is 0. The van der Waals surface area contributed by atoms with Crippen molar-refractivity contribution in [3.8, 4) is 0 Å². The molecular weight excluding hydrogens is 187 g/mol. The third-order valence-corrected chi connectivity index (χ3v) is 1.32. The third kappa shape index (κ3) is 17.8. The predicted octanol–water partition coefficient (Wildman–Crippen LogP) is 0.908. The van der Waals surface area contributed by atoms with Gasteiger partial charge in [-0.15, -0.1) is 0 Å². The number of aliphatic carboxylic acids is 1. The minimum atomic E-state index is -1.08. The molecule has 0 unspecified atom stereocenters. The summed E-state index contributed by atoms with van der Waals surface area (Å²) in [6.07, 6.45) is 9.50. The molecule has 0 N–H and O–H groups in total. The van der Waals surface area contributed by atoms with Gasteiger partial charge in [0.1, 0.15) is 0 Å². The van der Waals surface area contributed by atoms with Crippen molar-refractivity contribution in [1.82, 2.24) is 0 Å². The molecule has 1 saturated carbocycles. The van der Waals surface area contributed by atoms with Crippen LogP contribution in [0.15, 0.2) is 0 Å². The number of carboxylic acids is 1. The van der Waals surface area contributed by atoms with Crippen LogP contribution in [0.4, 0.5) is 0 Å². The maximum Gasteiger partial charge on any atom is 2.00 e. The van der Waals surface area contributed by atoms with Crippen molar-refractivity contribution in [2.75, 3.05) is 0 Å². The van der Waals surface area contributed by atoms with Gasteiger partial charge in [-0.1, -0.05) is 19.3 Å². The van der Waals surface area contributed by atoms with Crippen LogP contribution in [0.25, 0.3) is 0 Å². The van der Waals surface area contributed by atoms with Crippen LogP contribution >= 0.6 is 0 Å². The summed E-state index contributed by atoms with van der Waals surface area (Å²) in [6, 6.07) is 0. The molecule has 1 rings (SSSR count). The first-order valence-corrected chi connectivity index (χ1v) is 3.72. The van der Waals surface area contributed by atoms with E-state index in [1.807, 2.05) is 0 Å². The maximum atomic E-state index is 8.89. The Morgan fingerprint density at radius 3 is 1.73 bits per heavy atom. The summed E-state index contributed by atoms with van der Waals surface area (Å²) in [4.78, 5) is 8.89. The topological polar surface area (TPSA) is 40.1 Å². The first kappa shape index (κ1) is 13.6. The van der Waals surface area contributed by atoms with Gasteiger partial charge in [0, 0.05) is 5.97 Å². The Balaban J connectivity index is 0. The van der Waals surface area contributed by atoms with E-state index < -0.39 is 5.97 Å². The Kier molecular flexibility index (Phi) is 12.3. The van der Waals surface area contributed by atoms with E-state index in [-0.39, 0.29) is 16.8 Å². The molecule has 1 fully saturated rings. The predicted molar refractivity (Wildman–Crippen MR) is 38.1 cm³/mol. The Morgan fingerprint density at radius 1 is 1.27 bits per heavy atom. The third-order valence-electron chi connectivity index (χ3n) is 1.32. The SMILES string of the molecule is CC(=O)[O-].[CH-]1CCCCC1.[Co+2]. The molecule has 67 valence electrons. The Labute approximate surface area is 78.6 Å². The summed E-state index contributed by atoms with van der Waals surface area (Å²) in [5.74, 6) is -1.08. The summed E-state index contributed by atoms with van der Waals surface area (Å²) in [7, 11) is 0. The molecule has 0 heterocycles. The second-order valence-corrected chi connectivity index (χ2v) is 2.42. The zero-order valence-electron chi connectivity index (χ0n) is 6.76. The van der Waals surface area contributed by atoms with Crippen molar-refractivity contribution in [1.29, 1.82) is 0 Å². The second-order valence-electron chi connectivity index (χ2n) is 2.42. The molecular formula is C8H14CoO2. The van der Waals surface area contributed by atoms with E-state index in [1.54, 1.807) is 0 Å². The Hall–Kier alpha value is -0.0235. The van der Waals surface area contributed by atoms with Crippen LogP contribution in [0.2, 0.25) is 0 Å². The van der Waals surface area contributed by atoms with Gasteiger partial charge in [-0.2, -0.15) is 12.8 Å². The van der Waals surface area contributed by atoms with Gasteiger partial charge < -0.3 is 16.3 Å². The van der Waals surface area contributed by atoms with Crippen LogP contribution < -0.4 is 5.11 Å². The van der Waals surface area contributed by atoms with E-state index in [0.717, 1.165) is 6.92 Å². The van der Waals surface area contributed by atoms with Crippen molar-refractivity contribution in [3.63, 3.8) is 0 Å². The molecule has 0 saturated heterocycles. The number of hydrogen-bond donors (Lipinski definition) is 0. The van der Waals surface area contributed by atoms with Gasteiger partial charge in [-0.05, 0) is 6.92 Å². The zero-order valence-corrected chi connectivity index (χ0v) is 7.80. The monoisotopic (exact) mass is 201 g/mol. The molecule has 0 atom stereocenters.